The van der Waals surface area contributed by atoms with Crippen LogP contribution in [0.15, 0.2) is 60.8 Å². The number of pyridine rings is 1. The van der Waals surface area contributed by atoms with Gasteiger partial charge in [-0.25, -0.2) is 4.98 Å². The highest BCUT2D eigenvalue weighted by atomic mass is 16.5. The number of anilines is 1. The summed E-state index contributed by atoms with van der Waals surface area (Å²) in [5.41, 5.74) is 4.14. The summed E-state index contributed by atoms with van der Waals surface area (Å²) in [6, 6.07) is 18.1. The summed E-state index contributed by atoms with van der Waals surface area (Å²) in [6.45, 7) is 4.10. The van der Waals surface area contributed by atoms with Crippen molar-refractivity contribution < 1.29 is 24.2 Å². The summed E-state index contributed by atoms with van der Waals surface area (Å²) < 4.78 is 11.0. The van der Waals surface area contributed by atoms with Crippen LogP contribution in [0.4, 0.5) is 5.82 Å². The van der Waals surface area contributed by atoms with Crippen LogP contribution in [0.1, 0.15) is 46.8 Å². The molecule has 0 saturated carbocycles. The Morgan fingerprint density at radius 3 is 2.43 bits per heavy atom. The topological polar surface area (TPSA) is 116 Å². The number of nitrogens with zero attached hydrogens (tertiary/aromatic N) is 3. The molecule has 1 aliphatic heterocycles. The van der Waals surface area contributed by atoms with E-state index in [0.29, 0.717) is 37.6 Å². The van der Waals surface area contributed by atoms with Crippen molar-refractivity contribution in [2.75, 3.05) is 45.7 Å². The van der Waals surface area contributed by atoms with Gasteiger partial charge in [0.1, 0.15) is 17.3 Å². The molecule has 3 N–H and O–H groups in total. The van der Waals surface area contributed by atoms with E-state index in [1.165, 1.54) is 11.1 Å². The number of amides is 2. The number of piperidine rings is 1. The monoisotopic (exact) mass is 601 g/mol. The standard InChI is InChI=1S/C34H43N5O5/c1-23(40)38-14-11-28(12-15-38)37-33-18-26(10-13-35-33)34(42)36-20-30(41)22-39(29-16-24-6-4-5-7-25(24)17-29)21-27-8-9-31(43-2)19-32(27)44-3/h4-10,13,18-19,28-30,41H,11-12,14-17,20-22H2,1-3H3,(H,35,37)(H,36,42). The first-order valence-corrected chi connectivity index (χ1v) is 15.3. The molecular formula is C34H43N5O5. The molecular weight excluding hydrogens is 558 g/mol. The minimum absolute atomic E-state index is 0.0966. The molecule has 234 valence electrons. The number of hydrogen-bond donors (Lipinski definition) is 3. The molecule has 2 aromatic carbocycles. The number of carbonyl (C=O) groups is 2. The number of ether oxygens (including phenoxy) is 2. The van der Waals surface area contributed by atoms with Crippen molar-refractivity contribution in [3.05, 3.63) is 83.0 Å². The number of fused-ring (bicyclic) bond motifs is 1. The SMILES string of the molecule is COc1ccc(CN(CC(O)CNC(=O)c2ccnc(NC3CCN(C(C)=O)CC3)c2)C2Cc3ccccc3C2)c(OC)c1. The molecule has 0 radical (unpaired) electrons. The number of aliphatic hydroxyl groups excluding tert-OH is 1. The molecule has 1 unspecified atom stereocenters. The number of carbonyl (C=O) groups excluding carboxylic acids is 2. The van der Waals surface area contributed by atoms with Gasteiger partial charge >= 0.3 is 0 Å². The molecule has 10 heteroatoms. The summed E-state index contributed by atoms with van der Waals surface area (Å²) in [6.07, 6.45) is 4.28. The zero-order chi connectivity index (χ0) is 31.1. The van der Waals surface area contributed by atoms with Gasteiger partial charge in [-0.15, -0.1) is 0 Å². The summed E-state index contributed by atoms with van der Waals surface area (Å²) in [5.74, 6) is 1.91. The fourth-order valence-corrected chi connectivity index (χ4v) is 6.18. The second-order valence-electron chi connectivity index (χ2n) is 11.7. The molecule has 1 saturated heterocycles. The number of methoxy groups -OCH3 is 2. The van der Waals surface area contributed by atoms with Crippen LogP contribution in [-0.2, 0) is 24.2 Å². The Kier molecular flexibility index (Phi) is 10.3. The molecule has 3 aromatic rings. The molecule has 0 bridgehead atoms. The minimum atomic E-state index is -0.780. The molecule has 44 heavy (non-hydrogen) atoms. The van der Waals surface area contributed by atoms with Crippen molar-refractivity contribution in [3.8, 4) is 11.5 Å². The van der Waals surface area contributed by atoms with Crippen LogP contribution < -0.4 is 20.1 Å². The number of benzene rings is 2. The van der Waals surface area contributed by atoms with Crippen molar-refractivity contribution in [2.24, 2.45) is 0 Å². The molecule has 2 aliphatic rings. The van der Waals surface area contributed by atoms with Gasteiger partial charge in [0.15, 0.2) is 0 Å². The number of aliphatic hydroxyl groups is 1. The van der Waals surface area contributed by atoms with E-state index in [4.69, 9.17) is 9.47 Å². The lowest BCUT2D eigenvalue weighted by Gasteiger charge is -2.32. The average Bonchev–Trinajstić information content (AvgIpc) is 3.48. The van der Waals surface area contributed by atoms with Gasteiger partial charge in [0, 0.05) is 75.1 Å². The quantitative estimate of drug-likeness (QED) is 0.290. The fourth-order valence-electron chi connectivity index (χ4n) is 6.18. The number of likely N-dealkylation sites (tertiary alicyclic amines) is 1. The van der Waals surface area contributed by atoms with E-state index in [-0.39, 0.29) is 30.4 Å². The Morgan fingerprint density at radius 2 is 1.77 bits per heavy atom. The maximum absolute atomic E-state index is 13.1. The van der Waals surface area contributed by atoms with Crippen molar-refractivity contribution in [1.82, 2.24) is 20.1 Å². The highest BCUT2D eigenvalue weighted by Gasteiger charge is 2.29. The molecule has 0 spiro atoms. The predicted molar refractivity (Wildman–Crippen MR) is 169 cm³/mol. The van der Waals surface area contributed by atoms with Gasteiger partial charge in [0.25, 0.3) is 5.91 Å². The van der Waals surface area contributed by atoms with E-state index in [0.717, 1.165) is 42.7 Å². The van der Waals surface area contributed by atoms with E-state index in [1.54, 1.807) is 39.5 Å². The van der Waals surface area contributed by atoms with Gasteiger partial charge in [-0.1, -0.05) is 30.3 Å². The molecule has 10 nitrogen and oxygen atoms in total. The van der Waals surface area contributed by atoms with Gasteiger partial charge < -0.3 is 30.1 Å². The van der Waals surface area contributed by atoms with Gasteiger partial charge in [-0.05, 0) is 55.0 Å². The van der Waals surface area contributed by atoms with Crippen LogP contribution in [0.25, 0.3) is 0 Å². The molecule has 2 heterocycles. The second-order valence-corrected chi connectivity index (χ2v) is 11.7. The highest BCUT2D eigenvalue weighted by molar-refractivity contribution is 5.94. The number of rotatable bonds is 12. The lowest BCUT2D eigenvalue weighted by Crippen LogP contribution is -2.44. The largest absolute Gasteiger partial charge is 0.497 e. The summed E-state index contributed by atoms with van der Waals surface area (Å²) in [4.78, 5) is 33.2. The maximum Gasteiger partial charge on any atom is 0.251 e. The lowest BCUT2D eigenvalue weighted by atomic mass is 10.0. The van der Waals surface area contributed by atoms with E-state index in [9.17, 15) is 14.7 Å². The smallest absolute Gasteiger partial charge is 0.251 e. The third-order valence-electron chi connectivity index (χ3n) is 8.67. The van der Waals surface area contributed by atoms with Crippen LogP contribution in [0.3, 0.4) is 0 Å². The number of aromatic nitrogens is 1. The number of hydrogen-bond acceptors (Lipinski definition) is 8. The normalized spacial score (nSPS) is 16.0. The predicted octanol–water partition coefficient (Wildman–Crippen LogP) is 3.28. The molecule has 1 fully saturated rings. The van der Waals surface area contributed by atoms with Crippen molar-refractivity contribution in [3.63, 3.8) is 0 Å². The van der Waals surface area contributed by atoms with Gasteiger partial charge in [0.2, 0.25) is 5.91 Å². The molecule has 5 rings (SSSR count). The third-order valence-corrected chi connectivity index (χ3v) is 8.67. The Balaban J connectivity index is 1.20. The van der Waals surface area contributed by atoms with Crippen molar-refractivity contribution >= 4 is 17.6 Å². The molecule has 1 aromatic heterocycles. The third kappa shape index (κ3) is 7.86. The van der Waals surface area contributed by atoms with E-state index in [2.05, 4.69) is 44.8 Å². The highest BCUT2D eigenvalue weighted by Crippen LogP contribution is 2.30. The first kappa shape index (κ1) is 31.3. The molecule has 2 amide bonds. The second kappa shape index (κ2) is 14.5. The maximum atomic E-state index is 13.1. The average molecular weight is 602 g/mol. The Bertz CT molecular complexity index is 1420. The van der Waals surface area contributed by atoms with Gasteiger partial charge in [-0.3, -0.25) is 14.5 Å². The zero-order valence-electron chi connectivity index (χ0n) is 25.8. The first-order valence-electron chi connectivity index (χ1n) is 15.3. The van der Waals surface area contributed by atoms with Crippen molar-refractivity contribution in [1.29, 1.82) is 0 Å². The summed E-state index contributed by atoms with van der Waals surface area (Å²) in [5, 5.41) is 17.5. The first-order chi connectivity index (χ1) is 21.3. The summed E-state index contributed by atoms with van der Waals surface area (Å²) >= 11 is 0. The van der Waals surface area contributed by atoms with Crippen LogP contribution in [0, 0.1) is 0 Å². The Morgan fingerprint density at radius 1 is 1.05 bits per heavy atom. The molecule has 1 aliphatic carbocycles. The van der Waals surface area contributed by atoms with Gasteiger partial charge in [0.05, 0.1) is 20.3 Å². The van der Waals surface area contributed by atoms with E-state index in [1.807, 2.05) is 23.1 Å². The lowest BCUT2D eigenvalue weighted by molar-refractivity contribution is -0.129. The number of nitrogens with one attached hydrogen (secondary N) is 2. The Labute approximate surface area is 259 Å². The fraction of sp³-hybridized carbons (Fsp3) is 0.441. The van der Waals surface area contributed by atoms with Crippen LogP contribution >= 0.6 is 0 Å². The summed E-state index contributed by atoms with van der Waals surface area (Å²) in [7, 11) is 3.28. The zero-order valence-corrected chi connectivity index (χ0v) is 25.8. The van der Waals surface area contributed by atoms with E-state index < -0.39 is 6.10 Å². The molecule has 1 atom stereocenters. The van der Waals surface area contributed by atoms with Gasteiger partial charge in [-0.2, -0.15) is 0 Å². The van der Waals surface area contributed by atoms with Crippen LogP contribution in [0.5, 0.6) is 11.5 Å². The minimum Gasteiger partial charge on any atom is -0.497 e. The van der Waals surface area contributed by atoms with Crippen LogP contribution in [-0.4, -0.2) is 90.3 Å². The van der Waals surface area contributed by atoms with Crippen molar-refractivity contribution in [2.45, 2.75) is 57.3 Å². The Hall–Kier alpha value is -4.15. The van der Waals surface area contributed by atoms with E-state index >= 15 is 0 Å². The van der Waals surface area contributed by atoms with Crippen LogP contribution in [0.2, 0.25) is 0 Å².